The second-order valence-electron chi connectivity index (χ2n) is 5.12. The summed E-state index contributed by atoms with van der Waals surface area (Å²) in [4.78, 5) is 12.8. The van der Waals surface area contributed by atoms with Crippen LogP contribution >= 0.6 is 0 Å². The molecule has 9 heteroatoms. The van der Waals surface area contributed by atoms with Crippen molar-refractivity contribution in [2.24, 2.45) is 0 Å². The van der Waals surface area contributed by atoms with Crippen molar-refractivity contribution >= 4 is 11.8 Å². The lowest BCUT2D eigenvalue weighted by atomic mass is 10.1. The van der Waals surface area contributed by atoms with Crippen LogP contribution in [0.5, 0.6) is 5.75 Å². The molecule has 1 fully saturated rings. The molecule has 0 radical (unpaired) electrons. The van der Waals surface area contributed by atoms with Crippen LogP contribution in [-0.4, -0.2) is 48.8 Å². The SMILES string of the molecule is Cc1c(CN2CCOCC2)cc(NC(=O)O)cc1OC(F)(F)F. The first-order chi connectivity index (χ1) is 10.7. The lowest BCUT2D eigenvalue weighted by Crippen LogP contribution is -2.35. The predicted octanol–water partition coefficient (Wildman–Crippen LogP) is 2.82. The van der Waals surface area contributed by atoms with Crippen molar-refractivity contribution in [3.8, 4) is 5.75 Å². The van der Waals surface area contributed by atoms with Gasteiger partial charge in [0.2, 0.25) is 0 Å². The zero-order valence-electron chi connectivity index (χ0n) is 12.4. The van der Waals surface area contributed by atoms with Gasteiger partial charge in [0.25, 0.3) is 0 Å². The molecule has 1 aromatic rings. The molecule has 1 amide bonds. The number of morpholine rings is 1. The maximum absolute atomic E-state index is 12.5. The van der Waals surface area contributed by atoms with Gasteiger partial charge in [-0.15, -0.1) is 13.2 Å². The van der Waals surface area contributed by atoms with Crippen LogP contribution in [0.4, 0.5) is 23.7 Å². The molecule has 2 rings (SSSR count). The van der Waals surface area contributed by atoms with Crippen molar-refractivity contribution in [2.45, 2.75) is 19.8 Å². The van der Waals surface area contributed by atoms with Crippen molar-refractivity contribution in [1.29, 1.82) is 0 Å². The molecule has 1 aromatic carbocycles. The van der Waals surface area contributed by atoms with E-state index in [-0.39, 0.29) is 5.69 Å². The Hall–Kier alpha value is -2.00. The monoisotopic (exact) mass is 334 g/mol. The molecule has 0 bridgehead atoms. The van der Waals surface area contributed by atoms with Gasteiger partial charge in [-0.3, -0.25) is 10.2 Å². The van der Waals surface area contributed by atoms with Gasteiger partial charge in [-0.1, -0.05) is 0 Å². The smallest absolute Gasteiger partial charge is 0.465 e. The summed E-state index contributed by atoms with van der Waals surface area (Å²) in [6.45, 7) is 4.33. The van der Waals surface area contributed by atoms with Crippen LogP contribution in [0.2, 0.25) is 0 Å². The summed E-state index contributed by atoms with van der Waals surface area (Å²) in [5.41, 5.74) is 0.924. The zero-order chi connectivity index (χ0) is 17.0. The molecule has 0 aliphatic carbocycles. The molecular weight excluding hydrogens is 317 g/mol. The highest BCUT2D eigenvalue weighted by Gasteiger charge is 2.32. The summed E-state index contributed by atoms with van der Waals surface area (Å²) in [5.74, 6) is -0.410. The first-order valence-corrected chi connectivity index (χ1v) is 6.94. The van der Waals surface area contributed by atoms with Gasteiger partial charge < -0.3 is 14.6 Å². The largest absolute Gasteiger partial charge is 0.573 e. The minimum atomic E-state index is -4.84. The number of benzene rings is 1. The lowest BCUT2D eigenvalue weighted by molar-refractivity contribution is -0.274. The lowest BCUT2D eigenvalue weighted by Gasteiger charge is -2.27. The first kappa shape index (κ1) is 17.4. The van der Waals surface area contributed by atoms with Crippen molar-refractivity contribution in [2.75, 3.05) is 31.6 Å². The van der Waals surface area contributed by atoms with Crippen molar-refractivity contribution in [1.82, 2.24) is 4.90 Å². The number of hydrogen-bond acceptors (Lipinski definition) is 4. The topological polar surface area (TPSA) is 71.0 Å². The number of rotatable bonds is 4. The van der Waals surface area contributed by atoms with Gasteiger partial charge in [0, 0.05) is 31.4 Å². The second kappa shape index (κ2) is 7.05. The molecule has 1 saturated heterocycles. The van der Waals surface area contributed by atoms with Crippen LogP contribution < -0.4 is 10.1 Å². The van der Waals surface area contributed by atoms with E-state index in [1.807, 2.05) is 4.90 Å². The normalized spacial score (nSPS) is 16.2. The fourth-order valence-electron chi connectivity index (χ4n) is 2.34. The Morgan fingerprint density at radius 3 is 2.61 bits per heavy atom. The van der Waals surface area contributed by atoms with Crippen LogP contribution in [-0.2, 0) is 11.3 Å². The molecule has 6 nitrogen and oxygen atoms in total. The Morgan fingerprint density at radius 1 is 1.39 bits per heavy atom. The van der Waals surface area contributed by atoms with E-state index in [1.165, 1.54) is 13.0 Å². The van der Waals surface area contributed by atoms with Crippen LogP contribution in [0.25, 0.3) is 0 Å². The minimum Gasteiger partial charge on any atom is -0.465 e. The van der Waals surface area contributed by atoms with E-state index < -0.39 is 18.2 Å². The summed E-state index contributed by atoms with van der Waals surface area (Å²) in [5, 5.41) is 10.8. The molecule has 0 atom stereocenters. The van der Waals surface area contributed by atoms with E-state index in [0.717, 1.165) is 6.07 Å². The average molecular weight is 334 g/mol. The van der Waals surface area contributed by atoms with Crippen molar-refractivity contribution < 1.29 is 32.5 Å². The van der Waals surface area contributed by atoms with E-state index in [2.05, 4.69) is 10.1 Å². The number of carbonyl (C=O) groups is 1. The third-order valence-corrected chi connectivity index (χ3v) is 3.44. The van der Waals surface area contributed by atoms with Crippen LogP contribution in [0.3, 0.4) is 0 Å². The number of hydrogen-bond donors (Lipinski definition) is 2. The number of amides is 1. The predicted molar refractivity (Wildman–Crippen MR) is 75.6 cm³/mol. The van der Waals surface area contributed by atoms with Gasteiger partial charge in [-0.2, -0.15) is 0 Å². The van der Waals surface area contributed by atoms with Gasteiger partial charge in [0.05, 0.1) is 13.2 Å². The first-order valence-electron chi connectivity index (χ1n) is 6.94. The molecular formula is C14H17F3N2O4. The molecule has 1 aliphatic rings. The van der Waals surface area contributed by atoms with Gasteiger partial charge in [-0.25, -0.2) is 4.79 Å². The molecule has 23 heavy (non-hydrogen) atoms. The van der Waals surface area contributed by atoms with Gasteiger partial charge in [0.15, 0.2) is 0 Å². The molecule has 0 spiro atoms. The standard InChI is InChI=1S/C14H17F3N2O4/c1-9-10(8-19-2-4-22-5-3-19)6-11(18-13(20)21)7-12(9)23-14(15,16)17/h6-7,18H,2-5,8H2,1H3,(H,20,21). The number of alkyl halides is 3. The highest BCUT2D eigenvalue weighted by molar-refractivity contribution is 5.83. The van der Waals surface area contributed by atoms with Crippen LogP contribution in [0.1, 0.15) is 11.1 Å². The Balaban J connectivity index is 2.29. The molecule has 0 saturated carbocycles. The number of nitrogens with zero attached hydrogens (tertiary/aromatic N) is 1. The maximum atomic E-state index is 12.5. The Morgan fingerprint density at radius 2 is 2.04 bits per heavy atom. The number of ether oxygens (including phenoxy) is 2. The summed E-state index contributed by atoms with van der Waals surface area (Å²) in [6.07, 6.45) is -6.20. The number of halogens is 3. The highest BCUT2D eigenvalue weighted by atomic mass is 19.4. The third kappa shape index (κ3) is 5.29. The highest BCUT2D eigenvalue weighted by Crippen LogP contribution is 2.32. The Kier molecular flexibility index (Phi) is 5.32. The molecule has 1 heterocycles. The minimum absolute atomic E-state index is 0.0330. The van der Waals surface area contributed by atoms with Gasteiger partial charge in [-0.05, 0) is 24.1 Å². The van der Waals surface area contributed by atoms with Gasteiger partial charge >= 0.3 is 12.5 Å². The third-order valence-electron chi connectivity index (χ3n) is 3.44. The van der Waals surface area contributed by atoms with E-state index >= 15 is 0 Å². The van der Waals surface area contributed by atoms with Crippen LogP contribution in [0, 0.1) is 6.92 Å². The fourth-order valence-corrected chi connectivity index (χ4v) is 2.34. The van der Waals surface area contributed by atoms with Gasteiger partial charge in [0.1, 0.15) is 5.75 Å². The van der Waals surface area contributed by atoms with Crippen molar-refractivity contribution in [3.05, 3.63) is 23.3 Å². The van der Waals surface area contributed by atoms with E-state index in [9.17, 15) is 18.0 Å². The van der Waals surface area contributed by atoms with E-state index in [1.54, 1.807) is 0 Å². The zero-order valence-corrected chi connectivity index (χ0v) is 12.4. The maximum Gasteiger partial charge on any atom is 0.573 e. The summed E-state index contributed by atoms with van der Waals surface area (Å²) >= 11 is 0. The molecule has 0 aromatic heterocycles. The summed E-state index contributed by atoms with van der Waals surface area (Å²) < 4.78 is 46.8. The van der Waals surface area contributed by atoms with E-state index in [4.69, 9.17) is 9.84 Å². The second-order valence-corrected chi connectivity index (χ2v) is 5.12. The number of nitrogens with one attached hydrogen (secondary N) is 1. The number of anilines is 1. The molecule has 1 aliphatic heterocycles. The average Bonchev–Trinajstić information content (AvgIpc) is 2.43. The molecule has 128 valence electrons. The van der Waals surface area contributed by atoms with E-state index in [0.29, 0.717) is 44.0 Å². The van der Waals surface area contributed by atoms with Crippen molar-refractivity contribution in [3.63, 3.8) is 0 Å². The number of carboxylic acid groups (broad SMARTS) is 1. The quantitative estimate of drug-likeness (QED) is 0.886. The Bertz CT molecular complexity index is 572. The molecule has 2 N–H and O–H groups in total. The fraction of sp³-hybridized carbons (Fsp3) is 0.500. The van der Waals surface area contributed by atoms with Crippen LogP contribution in [0.15, 0.2) is 12.1 Å². The summed E-state index contributed by atoms with van der Waals surface area (Å²) in [6, 6.07) is 2.54. The summed E-state index contributed by atoms with van der Waals surface area (Å²) in [7, 11) is 0. The Labute approximate surface area is 130 Å². The molecule has 0 unspecified atom stereocenters.